The third kappa shape index (κ3) is 38.5. The Labute approximate surface area is 356 Å². The number of carbonyl (C=O) groups is 3. The van der Waals surface area contributed by atoms with Gasteiger partial charge in [-0.2, -0.15) is 0 Å². The molecular weight excluding hydrogens is 727 g/mol. The normalized spacial score (nSPS) is 13.5. The van der Waals surface area contributed by atoms with Crippen LogP contribution in [0.25, 0.3) is 0 Å². The molecule has 0 aromatic heterocycles. The number of carboxylic acid groups (broad SMARTS) is 1. The molecule has 0 aromatic carbocycles. The van der Waals surface area contributed by atoms with E-state index in [0.717, 1.165) is 83.5 Å². The van der Waals surface area contributed by atoms with E-state index in [-0.39, 0.29) is 42.7 Å². The van der Waals surface area contributed by atoms with E-state index >= 15 is 0 Å². The van der Waals surface area contributed by atoms with Gasteiger partial charge in [0.15, 0.2) is 6.10 Å². The number of esters is 2. The number of allylic oxidation sites excluding steroid dienone is 10. The molecule has 2 unspecified atom stereocenters. The van der Waals surface area contributed by atoms with Crippen molar-refractivity contribution in [2.45, 2.75) is 199 Å². The standard InChI is InChI=1S/C50H87NO7/c1-6-8-10-12-14-16-18-20-21-22-23-24-25-26-27-28-29-31-33-35-37-39-41-49(53)58-46(44-56-43-42-47(50(54)55)51(3,4)5)45-57-48(52)40-38-36-34-32-30-19-17-15-13-11-9-7-2/h8,10,14-17,20-21,23-24,46-47H,6-7,9,11-13,18-19,22,25-45H2,1-5H3/b10-8+,16-14+,17-15+,21-20+,24-23+. The maximum atomic E-state index is 12.7. The number of likely N-dealkylation sites (N-methyl/N-ethyl adjacent to an activating group) is 1. The molecule has 0 amide bonds. The average molecular weight is 814 g/mol. The van der Waals surface area contributed by atoms with Gasteiger partial charge in [0.05, 0.1) is 40.3 Å². The number of unbranched alkanes of at least 4 members (excludes halogenated alkanes) is 17. The molecule has 0 aliphatic carbocycles. The molecule has 0 bridgehead atoms. The van der Waals surface area contributed by atoms with Gasteiger partial charge >= 0.3 is 11.9 Å². The van der Waals surface area contributed by atoms with Crippen molar-refractivity contribution in [1.29, 1.82) is 0 Å². The molecule has 334 valence electrons. The van der Waals surface area contributed by atoms with Crippen LogP contribution in [-0.2, 0) is 28.6 Å². The van der Waals surface area contributed by atoms with Crippen LogP contribution in [0.15, 0.2) is 60.8 Å². The Balaban J connectivity index is 4.28. The van der Waals surface area contributed by atoms with Gasteiger partial charge in [-0.3, -0.25) is 9.59 Å². The maximum Gasteiger partial charge on any atom is 0.306 e. The first kappa shape index (κ1) is 55.0. The van der Waals surface area contributed by atoms with Crippen LogP contribution >= 0.6 is 0 Å². The summed E-state index contributed by atoms with van der Waals surface area (Å²) in [6.45, 7) is 4.51. The first-order chi connectivity index (χ1) is 28.1. The number of quaternary nitrogens is 1. The fourth-order valence-corrected chi connectivity index (χ4v) is 6.53. The highest BCUT2D eigenvalue weighted by Crippen LogP contribution is 2.14. The van der Waals surface area contributed by atoms with Crippen molar-refractivity contribution in [1.82, 2.24) is 0 Å². The summed E-state index contributed by atoms with van der Waals surface area (Å²) in [7, 11) is 5.40. The monoisotopic (exact) mass is 814 g/mol. The number of hydrogen-bond donors (Lipinski definition) is 0. The van der Waals surface area contributed by atoms with Crippen molar-refractivity contribution in [3.63, 3.8) is 0 Å². The molecule has 0 radical (unpaired) electrons. The Morgan fingerprint density at radius 1 is 0.534 bits per heavy atom. The lowest BCUT2D eigenvalue weighted by Gasteiger charge is -2.34. The van der Waals surface area contributed by atoms with Gasteiger partial charge in [0.2, 0.25) is 0 Å². The van der Waals surface area contributed by atoms with Crippen molar-refractivity contribution in [3.05, 3.63) is 60.8 Å². The number of carboxylic acids is 1. The van der Waals surface area contributed by atoms with Gasteiger partial charge in [-0.15, -0.1) is 0 Å². The number of ether oxygens (including phenoxy) is 3. The summed E-state index contributed by atoms with van der Waals surface area (Å²) in [4.78, 5) is 36.9. The molecule has 8 heteroatoms. The van der Waals surface area contributed by atoms with Gasteiger partial charge in [-0.25, -0.2) is 0 Å². The lowest BCUT2D eigenvalue weighted by Crippen LogP contribution is -2.55. The highest BCUT2D eigenvalue weighted by atomic mass is 16.6. The van der Waals surface area contributed by atoms with Crippen molar-refractivity contribution in [3.8, 4) is 0 Å². The molecule has 0 heterocycles. The van der Waals surface area contributed by atoms with Crippen molar-refractivity contribution >= 4 is 17.9 Å². The van der Waals surface area contributed by atoms with E-state index in [1.807, 2.05) is 0 Å². The summed E-state index contributed by atoms with van der Waals surface area (Å²) >= 11 is 0. The zero-order chi connectivity index (χ0) is 42.8. The van der Waals surface area contributed by atoms with Crippen LogP contribution in [0.4, 0.5) is 0 Å². The van der Waals surface area contributed by atoms with Crippen molar-refractivity contribution in [2.24, 2.45) is 0 Å². The molecule has 0 N–H and O–H groups in total. The molecule has 8 nitrogen and oxygen atoms in total. The minimum absolute atomic E-state index is 0.0341. The molecule has 0 fully saturated rings. The Kier molecular flexibility index (Phi) is 38.7. The fraction of sp³-hybridized carbons (Fsp3) is 0.740. The second-order valence-electron chi connectivity index (χ2n) is 16.6. The van der Waals surface area contributed by atoms with Gasteiger partial charge in [-0.05, 0) is 77.0 Å². The highest BCUT2D eigenvalue weighted by Gasteiger charge is 2.25. The van der Waals surface area contributed by atoms with Crippen LogP contribution in [0.3, 0.4) is 0 Å². The second kappa shape index (κ2) is 40.8. The number of hydrogen-bond acceptors (Lipinski definition) is 7. The first-order valence-corrected chi connectivity index (χ1v) is 23.3. The van der Waals surface area contributed by atoms with E-state index in [4.69, 9.17) is 14.2 Å². The lowest BCUT2D eigenvalue weighted by atomic mass is 10.1. The fourth-order valence-electron chi connectivity index (χ4n) is 6.53. The smallest absolute Gasteiger partial charge is 0.306 e. The molecular formula is C50H87NO7. The highest BCUT2D eigenvalue weighted by molar-refractivity contribution is 5.70. The van der Waals surface area contributed by atoms with Gasteiger partial charge < -0.3 is 28.6 Å². The third-order valence-electron chi connectivity index (χ3n) is 10.1. The van der Waals surface area contributed by atoms with Gasteiger partial charge in [0.1, 0.15) is 12.6 Å². The second-order valence-corrected chi connectivity index (χ2v) is 16.6. The molecule has 0 saturated carbocycles. The van der Waals surface area contributed by atoms with E-state index in [0.29, 0.717) is 12.8 Å². The van der Waals surface area contributed by atoms with Crippen LogP contribution in [0.1, 0.15) is 187 Å². The molecule has 0 rings (SSSR count). The molecule has 0 aliphatic rings. The van der Waals surface area contributed by atoms with E-state index in [1.165, 1.54) is 70.6 Å². The zero-order valence-electron chi connectivity index (χ0n) is 37.9. The topological polar surface area (TPSA) is 102 Å². The van der Waals surface area contributed by atoms with Gasteiger partial charge in [0, 0.05) is 19.3 Å². The predicted molar refractivity (Wildman–Crippen MR) is 240 cm³/mol. The number of aliphatic carboxylic acids is 1. The third-order valence-corrected chi connectivity index (χ3v) is 10.1. The molecule has 2 atom stereocenters. The number of nitrogens with zero attached hydrogens (tertiary/aromatic N) is 1. The first-order valence-electron chi connectivity index (χ1n) is 23.3. The van der Waals surface area contributed by atoms with Crippen LogP contribution in [0, 0.1) is 0 Å². The van der Waals surface area contributed by atoms with E-state index in [1.54, 1.807) is 21.1 Å². The van der Waals surface area contributed by atoms with Gasteiger partial charge in [-0.1, -0.05) is 152 Å². The van der Waals surface area contributed by atoms with Crippen LogP contribution in [-0.4, -0.2) is 75.5 Å². The molecule has 0 aliphatic heterocycles. The molecule has 0 spiro atoms. The number of rotatable bonds is 41. The summed E-state index contributed by atoms with van der Waals surface area (Å²) in [6.07, 6.45) is 49.6. The van der Waals surface area contributed by atoms with E-state index in [9.17, 15) is 19.5 Å². The summed E-state index contributed by atoms with van der Waals surface area (Å²) in [5, 5.41) is 11.6. The van der Waals surface area contributed by atoms with Crippen molar-refractivity contribution < 1.29 is 38.2 Å². The van der Waals surface area contributed by atoms with E-state index < -0.39 is 18.1 Å². The number of carbonyl (C=O) groups excluding carboxylic acids is 3. The minimum Gasteiger partial charge on any atom is -0.544 e. The Bertz CT molecular complexity index is 1130. The van der Waals surface area contributed by atoms with Crippen LogP contribution in [0.5, 0.6) is 0 Å². The SMILES string of the molecule is CC/C=C/C/C=C/C/C=C/C/C=C/CCCCCCCCCCCC(=O)OC(COCCC(C(=O)[O-])[N+](C)(C)C)COC(=O)CCCCCCC/C=C/CCCCC. The summed E-state index contributed by atoms with van der Waals surface area (Å²) < 4.78 is 17.2. The average Bonchev–Trinajstić information content (AvgIpc) is 3.18. The summed E-state index contributed by atoms with van der Waals surface area (Å²) in [6, 6.07) is -0.729. The Hall–Kier alpha value is -2.97. The van der Waals surface area contributed by atoms with Crippen molar-refractivity contribution in [2.75, 3.05) is 41.0 Å². The van der Waals surface area contributed by atoms with Crippen LogP contribution in [0.2, 0.25) is 0 Å². The zero-order valence-corrected chi connectivity index (χ0v) is 37.9. The van der Waals surface area contributed by atoms with Crippen LogP contribution < -0.4 is 5.11 Å². The maximum absolute atomic E-state index is 12.7. The molecule has 58 heavy (non-hydrogen) atoms. The summed E-state index contributed by atoms with van der Waals surface area (Å²) in [5.41, 5.74) is 0. The Morgan fingerprint density at radius 3 is 1.45 bits per heavy atom. The van der Waals surface area contributed by atoms with E-state index in [2.05, 4.69) is 74.6 Å². The largest absolute Gasteiger partial charge is 0.544 e. The van der Waals surface area contributed by atoms with Gasteiger partial charge in [0.25, 0.3) is 0 Å². The molecule has 0 saturated heterocycles. The predicted octanol–water partition coefficient (Wildman–Crippen LogP) is 11.6. The summed E-state index contributed by atoms with van der Waals surface area (Å²) in [5.74, 6) is -1.76. The lowest BCUT2D eigenvalue weighted by molar-refractivity contribution is -0.889. The molecule has 0 aromatic rings. The Morgan fingerprint density at radius 2 is 0.966 bits per heavy atom. The minimum atomic E-state index is -1.13. The quantitative estimate of drug-likeness (QED) is 0.0262.